The first-order valence-electron chi connectivity index (χ1n) is 7.63. The molecular formula is C19H17NO3S. The van der Waals surface area contributed by atoms with E-state index in [-0.39, 0.29) is 17.1 Å². The predicted molar refractivity (Wildman–Crippen MR) is 95.8 cm³/mol. The summed E-state index contributed by atoms with van der Waals surface area (Å²) in [5, 5.41) is 0. The van der Waals surface area contributed by atoms with Crippen molar-refractivity contribution in [3.05, 3.63) is 79.1 Å². The van der Waals surface area contributed by atoms with E-state index >= 15 is 0 Å². The topological polar surface area (TPSA) is 63.1 Å². The summed E-state index contributed by atoms with van der Waals surface area (Å²) in [6, 6.07) is 11.3. The number of ketones is 1. The Morgan fingerprint density at radius 1 is 1.21 bits per heavy atom. The van der Waals surface area contributed by atoms with Crippen LogP contribution in [0.25, 0.3) is 12.2 Å². The Labute approximate surface area is 142 Å². The van der Waals surface area contributed by atoms with Gasteiger partial charge in [-0.3, -0.25) is 9.59 Å². The molecule has 0 atom stereocenters. The molecule has 5 heteroatoms. The van der Waals surface area contributed by atoms with Crippen LogP contribution in [0.1, 0.15) is 41.4 Å². The number of hydrogen-bond donors (Lipinski definition) is 1. The predicted octanol–water partition coefficient (Wildman–Crippen LogP) is 2.65. The van der Waals surface area contributed by atoms with Gasteiger partial charge in [-0.25, -0.2) is 0 Å². The van der Waals surface area contributed by atoms with Crippen LogP contribution in [0.15, 0.2) is 51.9 Å². The maximum atomic E-state index is 12.1. The molecule has 0 aliphatic carbocycles. The molecule has 0 bridgehead atoms. The minimum Gasteiger partial charge on any atom is -0.461 e. The molecule has 2 aromatic heterocycles. The number of nitrogens with one attached hydrogen (secondary N) is 1. The summed E-state index contributed by atoms with van der Waals surface area (Å²) in [5.41, 5.74) is 2.01. The van der Waals surface area contributed by atoms with Gasteiger partial charge in [0.2, 0.25) is 5.78 Å². The zero-order chi connectivity index (χ0) is 17.1. The van der Waals surface area contributed by atoms with Gasteiger partial charge in [0.15, 0.2) is 5.76 Å². The lowest BCUT2D eigenvalue weighted by atomic mass is 10.0. The van der Waals surface area contributed by atoms with Crippen LogP contribution in [0, 0.1) is 0 Å². The lowest BCUT2D eigenvalue weighted by Crippen LogP contribution is -2.20. The van der Waals surface area contributed by atoms with Crippen molar-refractivity contribution in [1.82, 2.24) is 4.98 Å². The van der Waals surface area contributed by atoms with E-state index in [0.29, 0.717) is 15.1 Å². The number of aromatic nitrogens is 1. The maximum absolute atomic E-state index is 12.1. The Bertz CT molecular complexity index is 1010. The fraction of sp³-hybridized carbons (Fsp3) is 0.158. The standard InChI is InChI=1S/C19H17NO3S/c1-12(2)14-7-5-13(6-8-14)10-17-19(22)20-18(24-17)11-15(21)16-4-3-9-23-16/h3-12H,1-2H3,(H,20,22). The highest BCUT2D eigenvalue weighted by Crippen LogP contribution is 2.14. The van der Waals surface area contributed by atoms with Crippen LogP contribution in [0.2, 0.25) is 0 Å². The van der Waals surface area contributed by atoms with Crippen LogP contribution in [0.5, 0.6) is 0 Å². The molecule has 1 N–H and O–H groups in total. The zero-order valence-electron chi connectivity index (χ0n) is 13.4. The highest BCUT2D eigenvalue weighted by Gasteiger charge is 2.05. The van der Waals surface area contributed by atoms with Crippen molar-refractivity contribution in [2.24, 2.45) is 0 Å². The van der Waals surface area contributed by atoms with Gasteiger partial charge in [-0.15, -0.1) is 11.3 Å². The first kappa shape index (κ1) is 16.2. The van der Waals surface area contributed by atoms with E-state index in [0.717, 1.165) is 5.56 Å². The lowest BCUT2D eigenvalue weighted by Gasteiger charge is -2.04. The van der Waals surface area contributed by atoms with Gasteiger partial charge < -0.3 is 9.40 Å². The molecule has 0 fully saturated rings. The fourth-order valence-corrected chi connectivity index (χ4v) is 3.15. The average molecular weight is 339 g/mol. The second-order valence-electron chi connectivity index (χ2n) is 5.74. The molecule has 0 spiro atoms. The molecule has 3 aromatic rings. The van der Waals surface area contributed by atoms with E-state index < -0.39 is 0 Å². The van der Waals surface area contributed by atoms with Gasteiger partial charge in [0.05, 0.1) is 15.5 Å². The Morgan fingerprint density at radius 3 is 2.58 bits per heavy atom. The monoisotopic (exact) mass is 339 g/mol. The van der Waals surface area contributed by atoms with Gasteiger partial charge in [0, 0.05) is 6.08 Å². The number of thiazole rings is 1. The van der Waals surface area contributed by atoms with E-state index in [1.165, 1.54) is 29.2 Å². The molecule has 2 heterocycles. The van der Waals surface area contributed by atoms with Gasteiger partial charge in [0.1, 0.15) is 0 Å². The number of carbonyl (C=O) groups is 1. The number of Topliss-reactive ketones (excluding diaryl/α,β-unsaturated/α-hetero) is 1. The molecule has 0 amide bonds. The lowest BCUT2D eigenvalue weighted by molar-refractivity contribution is 0.103. The highest BCUT2D eigenvalue weighted by molar-refractivity contribution is 7.07. The summed E-state index contributed by atoms with van der Waals surface area (Å²) in [5.74, 6) is 0.447. The van der Waals surface area contributed by atoms with E-state index in [1.54, 1.807) is 12.1 Å². The number of H-pyrrole nitrogens is 1. The van der Waals surface area contributed by atoms with Crippen molar-refractivity contribution in [2.75, 3.05) is 0 Å². The van der Waals surface area contributed by atoms with E-state index in [9.17, 15) is 9.59 Å². The Hall–Kier alpha value is -2.66. The largest absolute Gasteiger partial charge is 0.461 e. The normalized spacial score (nSPS) is 13.0. The second kappa shape index (κ2) is 6.84. The van der Waals surface area contributed by atoms with Crippen molar-refractivity contribution < 1.29 is 9.21 Å². The van der Waals surface area contributed by atoms with E-state index in [2.05, 4.69) is 31.0 Å². The Balaban J connectivity index is 1.94. The maximum Gasteiger partial charge on any atom is 0.266 e. The number of furan rings is 1. The number of aromatic amines is 1. The van der Waals surface area contributed by atoms with Gasteiger partial charge in [-0.05, 0) is 35.3 Å². The van der Waals surface area contributed by atoms with Gasteiger partial charge >= 0.3 is 0 Å². The molecule has 0 radical (unpaired) electrons. The molecule has 0 aliphatic heterocycles. The highest BCUT2D eigenvalue weighted by atomic mass is 32.1. The van der Waals surface area contributed by atoms with Gasteiger partial charge in [-0.1, -0.05) is 38.1 Å². The SMILES string of the molecule is CC(C)c1ccc(C=c2sc(=CC(=O)c3ccco3)[nH]c2=O)cc1. The number of hydrogen-bond acceptors (Lipinski definition) is 4. The molecule has 0 unspecified atom stereocenters. The van der Waals surface area contributed by atoms with Gasteiger partial charge in [-0.2, -0.15) is 0 Å². The molecule has 0 saturated heterocycles. The minimum absolute atomic E-state index is 0.202. The van der Waals surface area contributed by atoms with Crippen molar-refractivity contribution in [2.45, 2.75) is 19.8 Å². The fourth-order valence-electron chi connectivity index (χ4n) is 2.26. The molecular weight excluding hydrogens is 322 g/mol. The molecule has 1 aromatic carbocycles. The Morgan fingerprint density at radius 2 is 1.96 bits per heavy atom. The van der Waals surface area contributed by atoms with Crippen LogP contribution in [-0.4, -0.2) is 10.8 Å². The summed E-state index contributed by atoms with van der Waals surface area (Å²) in [6.45, 7) is 4.28. The summed E-state index contributed by atoms with van der Waals surface area (Å²) in [7, 11) is 0. The second-order valence-corrected chi connectivity index (χ2v) is 6.82. The third-order valence-corrected chi connectivity index (χ3v) is 4.57. The van der Waals surface area contributed by atoms with E-state index in [1.807, 2.05) is 18.2 Å². The third kappa shape index (κ3) is 3.63. The third-order valence-electron chi connectivity index (χ3n) is 3.61. The van der Waals surface area contributed by atoms with Crippen molar-refractivity contribution in [3.63, 3.8) is 0 Å². The quantitative estimate of drug-likeness (QED) is 0.743. The molecule has 122 valence electrons. The first-order chi connectivity index (χ1) is 11.5. The molecule has 3 rings (SSSR count). The molecule has 4 nitrogen and oxygen atoms in total. The van der Waals surface area contributed by atoms with Crippen LogP contribution >= 0.6 is 11.3 Å². The smallest absolute Gasteiger partial charge is 0.266 e. The molecule has 0 aliphatic rings. The minimum atomic E-state index is -0.273. The van der Waals surface area contributed by atoms with Gasteiger partial charge in [0.25, 0.3) is 5.56 Å². The summed E-state index contributed by atoms with van der Waals surface area (Å²) in [4.78, 5) is 26.7. The van der Waals surface area contributed by atoms with Crippen molar-refractivity contribution >= 4 is 29.3 Å². The van der Waals surface area contributed by atoms with Crippen LogP contribution in [0.4, 0.5) is 0 Å². The summed E-state index contributed by atoms with van der Waals surface area (Å²) >= 11 is 1.25. The first-order valence-corrected chi connectivity index (χ1v) is 8.45. The van der Waals surface area contributed by atoms with Crippen LogP contribution < -0.4 is 14.8 Å². The van der Waals surface area contributed by atoms with Crippen LogP contribution in [0.3, 0.4) is 0 Å². The number of rotatable bonds is 4. The molecule has 24 heavy (non-hydrogen) atoms. The average Bonchev–Trinajstić information content (AvgIpc) is 3.19. The zero-order valence-corrected chi connectivity index (χ0v) is 14.2. The van der Waals surface area contributed by atoms with Crippen molar-refractivity contribution in [3.8, 4) is 0 Å². The summed E-state index contributed by atoms with van der Waals surface area (Å²) < 4.78 is 6.12. The Kier molecular flexibility index (Phi) is 4.62. The van der Waals surface area contributed by atoms with Crippen LogP contribution in [-0.2, 0) is 0 Å². The number of benzene rings is 1. The van der Waals surface area contributed by atoms with E-state index in [4.69, 9.17) is 4.42 Å². The summed E-state index contributed by atoms with van der Waals surface area (Å²) in [6.07, 6.45) is 4.64. The van der Waals surface area contributed by atoms with Crippen molar-refractivity contribution in [1.29, 1.82) is 0 Å². The number of carbonyl (C=O) groups excluding carboxylic acids is 1. The molecule has 0 saturated carbocycles.